The van der Waals surface area contributed by atoms with Crippen LogP contribution in [0.1, 0.15) is 91.0 Å². The van der Waals surface area contributed by atoms with Crippen LogP contribution in [-0.2, 0) is 29.1 Å². The van der Waals surface area contributed by atoms with Crippen molar-refractivity contribution in [1.29, 1.82) is 0 Å². The van der Waals surface area contributed by atoms with E-state index in [1.165, 1.54) is 4.90 Å². The SMILES string of the molecule is CC[C@@H]1C[C@]1(NC(=O)[C@@H]1C[C@@H]2CN1C(=O)[C@H](C(C)(C)C)NC(=O)OCCCCCC=Cc1cccnc1O2)C(=O)NS(=O)(=O)C1CC1. The van der Waals surface area contributed by atoms with Gasteiger partial charge in [-0.05, 0) is 68.4 Å². The van der Waals surface area contributed by atoms with Crippen molar-refractivity contribution in [3.05, 3.63) is 30.0 Å². The van der Waals surface area contributed by atoms with Crippen LogP contribution >= 0.6 is 0 Å². The van der Waals surface area contributed by atoms with Gasteiger partial charge in [-0.2, -0.15) is 0 Å². The Kier molecular flexibility index (Phi) is 10.2. The first kappa shape index (κ1) is 34.6. The molecular weight excluding hydrogens is 626 g/mol. The second-order valence-corrected chi connectivity index (χ2v) is 16.1. The van der Waals surface area contributed by atoms with E-state index in [2.05, 4.69) is 20.3 Å². The molecule has 1 aromatic heterocycles. The van der Waals surface area contributed by atoms with Gasteiger partial charge in [-0.25, -0.2) is 18.2 Å². The second-order valence-electron chi connectivity index (χ2n) is 14.2. The highest BCUT2D eigenvalue weighted by atomic mass is 32.2. The van der Waals surface area contributed by atoms with Crippen molar-refractivity contribution in [3.63, 3.8) is 0 Å². The molecule has 0 radical (unpaired) electrons. The number of hydrogen-bond donors (Lipinski definition) is 3. The molecule has 13 nitrogen and oxygen atoms in total. The number of fused-ring (bicyclic) bond motifs is 3. The molecule has 5 atom stereocenters. The zero-order valence-corrected chi connectivity index (χ0v) is 28.4. The molecule has 2 aliphatic heterocycles. The molecule has 14 heteroatoms. The number of carbonyl (C=O) groups is 4. The first-order valence-electron chi connectivity index (χ1n) is 16.6. The zero-order valence-electron chi connectivity index (χ0n) is 27.6. The third kappa shape index (κ3) is 8.07. The molecule has 2 saturated carbocycles. The first-order valence-corrected chi connectivity index (χ1v) is 18.2. The Labute approximate surface area is 276 Å². The molecule has 0 unspecified atom stereocenters. The van der Waals surface area contributed by atoms with Crippen molar-refractivity contribution in [2.75, 3.05) is 13.2 Å². The Hall–Kier alpha value is -3.68. The number of amides is 4. The molecule has 2 aliphatic carbocycles. The molecule has 3 heterocycles. The fraction of sp³-hybridized carbons (Fsp3) is 0.667. The fourth-order valence-electron chi connectivity index (χ4n) is 6.35. The van der Waals surface area contributed by atoms with Crippen molar-refractivity contribution < 1.29 is 37.1 Å². The molecule has 0 aromatic carbocycles. The van der Waals surface area contributed by atoms with Crippen molar-refractivity contribution >= 4 is 39.9 Å². The van der Waals surface area contributed by atoms with E-state index < -0.39 is 68.2 Å². The van der Waals surface area contributed by atoms with E-state index in [9.17, 15) is 27.6 Å². The smallest absolute Gasteiger partial charge is 0.407 e. The van der Waals surface area contributed by atoms with Gasteiger partial charge in [-0.3, -0.25) is 19.1 Å². The number of hydrogen-bond acceptors (Lipinski definition) is 9. The number of aromatic nitrogens is 1. The third-order valence-electron chi connectivity index (χ3n) is 9.40. The summed E-state index contributed by atoms with van der Waals surface area (Å²) >= 11 is 0. The summed E-state index contributed by atoms with van der Waals surface area (Å²) in [4.78, 5) is 60.4. The van der Waals surface area contributed by atoms with E-state index in [-0.39, 0.29) is 31.9 Å². The lowest BCUT2D eigenvalue weighted by Gasteiger charge is -2.35. The van der Waals surface area contributed by atoms with Crippen LogP contribution in [0, 0.1) is 11.3 Å². The third-order valence-corrected chi connectivity index (χ3v) is 11.2. The quantitative estimate of drug-likeness (QED) is 0.410. The molecule has 1 saturated heterocycles. The van der Waals surface area contributed by atoms with Crippen LogP contribution in [-0.4, -0.2) is 84.2 Å². The van der Waals surface area contributed by atoms with E-state index in [1.807, 2.05) is 45.9 Å². The van der Waals surface area contributed by atoms with Crippen LogP contribution in [0.25, 0.3) is 6.08 Å². The lowest BCUT2D eigenvalue weighted by molar-refractivity contribution is -0.143. The summed E-state index contributed by atoms with van der Waals surface area (Å²) in [5.74, 6) is -1.75. The molecule has 4 aliphatic rings. The van der Waals surface area contributed by atoms with Crippen molar-refractivity contribution in [2.24, 2.45) is 11.3 Å². The zero-order chi connectivity index (χ0) is 34.0. The summed E-state index contributed by atoms with van der Waals surface area (Å²) in [6.07, 6.45) is 9.36. The number of nitrogens with one attached hydrogen (secondary N) is 3. The van der Waals surface area contributed by atoms with Crippen molar-refractivity contribution in [1.82, 2.24) is 25.2 Å². The Balaban J connectivity index is 1.44. The predicted molar refractivity (Wildman–Crippen MR) is 173 cm³/mol. The minimum Gasteiger partial charge on any atom is -0.472 e. The van der Waals surface area contributed by atoms with Gasteiger partial charge in [-0.15, -0.1) is 0 Å². The number of nitrogens with zero attached hydrogens (tertiary/aromatic N) is 2. The largest absolute Gasteiger partial charge is 0.472 e. The average molecular weight is 674 g/mol. The van der Waals surface area contributed by atoms with Crippen LogP contribution in [0.15, 0.2) is 24.4 Å². The highest BCUT2D eigenvalue weighted by molar-refractivity contribution is 7.91. The van der Waals surface area contributed by atoms with Gasteiger partial charge < -0.3 is 25.0 Å². The van der Waals surface area contributed by atoms with Crippen molar-refractivity contribution in [2.45, 2.75) is 114 Å². The summed E-state index contributed by atoms with van der Waals surface area (Å²) in [6, 6.07) is 1.58. The number of sulfonamides is 1. The van der Waals surface area contributed by atoms with Crippen LogP contribution < -0.4 is 20.1 Å². The minimum absolute atomic E-state index is 0.0203. The Morgan fingerprint density at radius 2 is 1.94 bits per heavy atom. The van der Waals surface area contributed by atoms with Gasteiger partial charge in [0.1, 0.15) is 23.7 Å². The number of ether oxygens (including phenoxy) is 2. The maximum atomic E-state index is 14.3. The molecular formula is C33H47N5O8S. The first-order chi connectivity index (χ1) is 22.2. The van der Waals surface area contributed by atoms with E-state index in [1.54, 1.807) is 12.3 Å². The van der Waals surface area contributed by atoms with Crippen LogP contribution in [0.5, 0.6) is 5.88 Å². The van der Waals surface area contributed by atoms with Gasteiger partial charge in [0, 0.05) is 18.2 Å². The highest BCUT2D eigenvalue weighted by Gasteiger charge is 2.62. The molecule has 258 valence electrons. The fourth-order valence-corrected chi connectivity index (χ4v) is 7.71. The summed E-state index contributed by atoms with van der Waals surface area (Å²) in [5.41, 5.74) is -1.39. The number of rotatable bonds is 6. The predicted octanol–water partition coefficient (Wildman–Crippen LogP) is 3.05. The molecule has 47 heavy (non-hydrogen) atoms. The minimum atomic E-state index is -3.84. The van der Waals surface area contributed by atoms with Crippen molar-refractivity contribution in [3.8, 4) is 5.88 Å². The van der Waals surface area contributed by atoms with E-state index in [0.717, 1.165) is 24.8 Å². The van der Waals surface area contributed by atoms with E-state index >= 15 is 0 Å². The molecule has 2 bridgehead atoms. The summed E-state index contributed by atoms with van der Waals surface area (Å²) < 4.78 is 39.2. The van der Waals surface area contributed by atoms with Crippen LogP contribution in [0.4, 0.5) is 4.79 Å². The molecule has 1 aromatic rings. The molecule has 0 spiro atoms. The van der Waals surface area contributed by atoms with Gasteiger partial charge in [0.05, 0.1) is 18.4 Å². The van der Waals surface area contributed by atoms with Gasteiger partial charge in [-0.1, -0.05) is 46.3 Å². The summed E-state index contributed by atoms with van der Waals surface area (Å²) in [5, 5.41) is 4.98. The van der Waals surface area contributed by atoms with Crippen LogP contribution in [0.3, 0.4) is 0 Å². The second kappa shape index (κ2) is 13.8. The Morgan fingerprint density at radius 1 is 1.17 bits per heavy atom. The van der Waals surface area contributed by atoms with E-state index in [4.69, 9.17) is 9.47 Å². The number of alkyl carbamates (subject to hydrolysis) is 1. The number of pyridine rings is 1. The van der Waals surface area contributed by atoms with Crippen LogP contribution in [0.2, 0.25) is 0 Å². The summed E-state index contributed by atoms with van der Waals surface area (Å²) in [6.45, 7) is 7.52. The molecule has 5 rings (SSSR count). The highest BCUT2D eigenvalue weighted by Crippen LogP contribution is 2.47. The lowest BCUT2D eigenvalue weighted by atomic mass is 9.85. The average Bonchev–Trinajstić information content (AvgIpc) is 3.93. The monoisotopic (exact) mass is 673 g/mol. The van der Waals surface area contributed by atoms with Gasteiger partial charge in [0.15, 0.2) is 0 Å². The number of carbonyl (C=O) groups excluding carboxylic acids is 4. The molecule has 3 fully saturated rings. The van der Waals surface area contributed by atoms with Gasteiger partial charge in [0.2, 0.25) is 27.7 Å². The normalized spacial score (nSPS) is 28.9. The summed E-state index contributed by atoms with van der Waals surface area (Å²) in [7, 11) is -3.84. The maximum Gasteiger partial charge on any atom is 0.407 e. The van der Waals surface area contributed by atoms with E-state index in [0.29, 0.717) is 31.6 Å². The standard InChI is InChI=1S/C33H47N5O8S/c1-5-22-19-33(22,30(41)37-47(43,44)24-14-15-24)36-27(39)25-18-23-20-38(25)29(40)26(32(2,3)4)35-31(42)45-17-10-8-6-7-9-12-21-13-11-16-34-28(21)46-23/h9,11-13,16,22-26H,5-8,10,14-15,17-20H2,1-4H3,(H,35,42)(H,36,39)(H,37,41)/t22-,23-,25+,26-,33-/m1/s1. The number of cyclic esters (lactones) is 1. The maximum absolute atomic E-state index is 14.3. The lowest BCUT2D eigenvalue weighted by Crippen LogP contribution is -2.60. The van der Waals surface area contributed by atoms with Gasteiger partial charge >= 0.3 is 6.09 Å². The molecule has 4 amide bonds. The topological polar surface area (TPSA) is 173 Å². The number of allylic oxidation sites excluding steroid dienone is 1. The Bertz CT molecular complexity index is 1500. The Morgan fingerprint density at radius 3 is 2.62 bits per heavy atom. The molecule has 3 N–H and O–H groups in total. The van der Waals surface area contributed by atoms with Gasteiger partial charge in [0.25, 0.3) is 5.91 Å².